The maximum atomic E-state index is 6.08. The molecule has 2 rings (SSSR count). The third-order valence-electron chi connectivity index (χ3n) is 3.86. The SMILES string of the molecule is COc1cc(CN2CC(N)CC2(C)C)cc(OC)c1. The molecule has 0 saturated carbocycles. The maximum Gasteiger partial charge on any atom is 0.122 e. The zero-order chi connectivity index (χ0) is 14.0. The van der Waals surface area contributed by atoms with Gasteiger partial charge in [-0.15, -0.1) is 0 Å². The van der Waals surface area contributed by atoms with Crippen LogP contribution in [0, 0.1) is 0 Å². The van der Waals surface area contributed by atoms with Gasteiger partial charge in [0.15, 0.2) is 0 Å². The lowest BCUT2D eigenvalue weighted by Gasteiger charge is -2.31. The molecule has 1 aliphatic heterocycles. The van der Waals surface area contributed by atoms with Gasteiger partial charge in [0.25, 0.3) is 0 Å². The zero-order valence-corrected chi connectivity index (χ0v) is 12.3. The lowest BCUT2D eigenvalue weighted by atomic mass is 10.00. The second-order valence-corrected chi connectivity index (χ2v) is 5.88. The summed E-state index contributed by atoms with van der Waals surface area (Å²) in [5.74, 6) is 1.66. The summed E-state index contributed by atoms with van der Waals surface area (Å²) in [6.07, 6.45) is 1.04. The van der Waals surface area contributed by atoms with Gasteiger partial charge in [-0.1, -0.05) is 0 Å². The van der Waals surface area contributed by atoms with Crippen molar-refractivity contribution in [2.24, 2.45) is 5.73 Å². The molecule has 4 heteroatoms. The van der Waals surface area contributed by atoms with Crippen molar-refractivity contribution in [1.82, 2.24) is 4.90 Å². The Morgan fingerprint density at radius 2 is 1.79 bits per heavy atom. The monoisotopic (exact) mass is 264 g/mol. The van der Waals surface area contributed by atoms with Gasteiger partial charge in [0.05, 0.1) is 14.2 Å². The molecule has 2 N–H and O–H groups in total. The van der Waals surface area contributed by atoms with Crippen LogP contribution in [0.25, 0.3) is 0 Å². The van der Waals surface area contributed by atoms with Crippen molar-refractivity contribution in [3.05, 3.63) is 23.8 Å². The van der Waals surface area contributed by atoms with Crippen LogP contribution in [0.2, 0.25) is 0 Å². The average molecular weight is 264 g/mol. The molecule has 1 heterocycles. The third kappa shape index (κ3) is 3.19. The fourth-order valence-electron chi connectivity index (χ4n) is 2.82. The van der Waals surface area contributed by atoms with Crippen LogP contribution < -0.4 is 15.2 Å². The molecule has 1 fully saturated rings. The standard InChI is InChI=1S/C15H24N2O2/c1-15(2)8-12(16)10-17(15)9-11-5-13(18-3)7-14(6-11)19-4/h5-7,12H,8-10,16H2,1-4H3. The molecular formula is C15H24N2O2. The highest BCUT2D eigenvalue weighted by Crippen LogP contribution is 2.31. The molecule has 1 saturated heterocycles. The fourth-order valence-corrected chi connectivity index (χ4v) is 2.82. The van der Waals surface area contributed by atoms with E-state index >= 15 is 0 Å². The van der Waals surface area contributed by atoms with E-state index in [2.05, 4.69) is 30.9 Å². The van der Waals surface area contributed by atoms with Crippen LogP contribution in [0.1, 0.15) is 25.8 Å². The number of nitrogens with two attached hydrogens (primary N) is 1. The van der Waals surface area contributed by atoms with Gasteiger partial charge in [-0.25, -0.2) is 0 Å². The summed E-state index contributed by atoms with van der Waals surface area (Å²) in [6.45, 7) is 6.30. The third-order valence-corrected chi connectivity index (χ3v) is 3.86. The Bertz CT molecular complexity index is 424. The predicted octanol–water partition coefficient (Wildman–Crippen LogP) is 2.02. The van der Waals surface area contributed by atoms with Crippen molar-refractivity contribution < 1.29 is 9.47 Å². The van der Waals surface area contributed by atoms with Crippen LogP contribution in [-0.4, -0.2) is 37.2 Å². The lowest BCUT2D eigenvalue weighted by molar-refractivity contribution is 0.166. The first-order chi connectivity index (χ1) is 8.94. The highest BCUT2D eigenvalue weighted by atomic mass is 16.5. The Morgan fingerprint density at radius 3 is 2.21 bits per heavy atom. The molecule has 0 spiro atoms. The molecule has 0 aromatic heterocycles. The normalized spacial score (nSPS) is 22.5. The molecule has 0 amide bonds. The van der Waals surface area contributed by atoms with Crippen LogP contribution in [0.5, 0.6) is 11.5 Å². The van der Waals surface area contributed by atoms with Crippen LogP contribution in [0.15, 0.2) is 18.2 Å². The number of hydrogen-bond acceptors (Lipinski definition) is 4. The van der Waals surface area contributed by atoms with E-state index in [0.717, 1.165) is 31.0 Å². The van der Waals surface area contributed by atoms with Gasteiger partial charge in [-0.2, -0.15) is 0 Å². The van der Waals surface area contributed by atoms with Gasteiger partial charge < -0.3 is 15.2 Å². The highest BCUT2D eigenvalue weighted by Gasteiger charge is 2.36. The van der Waals surface area contributed by atoms with E-state index in [1.807, 2.05) is 6.07 Å². The molecule has 1 atom stereocenters. The molecular weight excluding hydrogens is 240 g/mol. The Labute approximate surface area is 115 Å². The van der Waals surface area contributed by atoms with Crippen molar-refractivity contribution in [3.63, 3.8) is 0 Å². The average Bonchev–Trinajstić information content (AvgIpc) is 2.61. The minimum absolute atomic E-state index is 0.149. The van der Waals surface area contributed by atoms with Gasteiger partial charge >= 0.3 is 0 Å². The van der Waals surface area contributed by atoms with E-state index in [1.54, 1.807) is 14.2 Å². The molecule has 0 aliphatic carbocycles. The topological polar surface area (TPSA) is 47.7 Å². The Balaban J connectivity index is 2.19. The number of methoxy groups -OCH3 is 2. The first-order valence-electron chi connectivity index (χ1n) is 6.67. The molecule has 0 bridgehead atoms. The summed E-state index contributed by atoms with van der Waals surface area (Å²) in [6, 6.07) is 6.28. The van der Waals surface area contributed by atoms with Crippen molar-refractivity contribution >= 4 is 0 Å². The number of ether oxygens (including phenoxy) is 2. The number of hydrogen-bond donors (Lipinski definition) is 1. The van der Waals surface area contributed by atoms with Crippen molar-refractivity contribution in [2.45, 2.75) is 38.4 Å². The van der Waals surface area contributed by atoms with Crippen LogP contribution >= 0.6 is 0 Å². The summed E-state index contributed by atoms with van der Waals surface area (Å²) in [4.78, 5) is 2.42. The molecule has 1 aliphatic rings. The lowest BCUT2D eigenvalue weighted by Crippen LogP contribution is -2.37. The summed E-state index contributed by atoms with van der Waals surface area (Å²) in [5.41, 5.74) is 7.42. The Hall–Kier alpha value is -1.26. The number of benzene rings is 1. The van der Waals surface area contributed by atoms with Gasteiger partial charge in [0.2, 0.25) is 0 Å². The van der Waals surface area contributed by atoms with E-state index in [0.29, 0.717) is 0 Å². The largest absolute Gasteiger partial charge is 0.497 e. The van der Waals surface area contributed by atoms with E-state index in [-0.39, 0.29) is 11.6 Å². The van der Waals surface area contributed by atoms with Crippen molar-refractivity contribution in [3.8, 4) is 11.5 Å². The Morgan fingerprint density at radius 1 is 1.21 bits per heavy atom. The maximum absolute atomic E-state index is 6.08. The van der Waals surface area contributed by atoms with Gasteiger partial charge in [-0.05, 0) is 38.0 Å². The van der Waals surface area contributed by atoms with Crippen LogP contribution in [-0.2, 0) is 6.54 Å². The van der Waals surface area contributed by atoms with Crippen molar-refractivity contribution in [2.75, 3.05) is 20.8 Å². The summed E-state index contributed by atoms with van der Waals surface area (Å²) in [5, 5.41) is 0. The van der Waals surface area contributed by atoms with Gasteiger partial charge in [0, 0.05) is 30.7 Å². The quantitative estimate of drug-likeness (QED) is 0.904. The minimum atomic E-state index is 0.149. The molecule has 4 nitrogen and oxygen atoms in total. The molecule has 1 aromatic rings. The summed E-state index contributed by atoms with van der Waals surface area (Å²) < 4.78 is 10.6. The smallest absolute Gasteiger partial charge is 0.122 e. The van der Waals surface area contributed by atoms with E-state index in [9.17, 15) is 0 Å². The van der Waals surface area contributed by atoms with E-state index < -0.39 is 0 Å². The Kier molecular flexibility index (Phi) is 4.02. The number of rotatable bonds is 4. The van der Waals surface area contributed by atoms with Gasteiger partial charge in [-0.3, -0.25) is 4.90 Å². The van der Waals surface area contributed by atoms with E-state index in [1.165, 1.54) is 5.56 Å². The summed E-state index contributed by atoms with van der Waals surface area (Å²) in [7, 11) is 3.35. The second-order valence-electron chi connectivity index (χ2n) is 5.88. The van der Waals surface area contributed by atoms with Gasteiger partial charge in [0.1, 0.15) is 11.5 Å². The molecule has 106 valence electrons. The van der Waals surface area contributed by atoms with Crippen LogP contribution in [0.3, 0.4) is 0 Å². The zero-order valence-electron chi connectivity index (χ0n) is 12.3. The fraction of sp³-hybridized carbons (Fsp3) is 0.600. The number of likely N-dealkylation sites (tertiary alicyclic amines) is 1. The predicted molar refractivity (Wildman–Crippen MR) is 76.6 cm³/mol. The van der Waals surface area contributed by atoms with Crippen LogP contribution in [0.4, 0.5) is 0 Å². The van der Waals surface area contributed by atoms with E-state index in [4.69, 9.17) is 15.2 Å². The molecule has 0 radical (unpaired) electrons. The minimum Gasteiger partial charge on any atom is -0.497 e. The molecule has 1 aromatic carbocycles. The highest BCUT2D eigenvalue weighted by molar-refractivity contribution is 5.38. The van der Waals surface area contributed by atoms with Crippen molar-refractivity contribution in [1.29, 1.82) is 0 Å². The number of nitrogens with zero attached hydrogens (tertiary/aromatic N) is 1. The summed E-state index contributed by atoms with van der Waals surface area (Å²) >= 11 is 0. The second kappa shape index (κ2) is 5.39. The first-order valence-corrected chi connectivity index (χ1v) is 6.67. The molecule has 1 unspecified atom stereocenters. The molecule has 19 heavy (non-hydrogen) atoms. The first kappa shape index (κ1) is 14.2.